The van der Waals surface area contributed by atoms with E-state index < -0.39 is 11.7 Å². The number of nitrogens with one attached hydrogen (secondary N) is 2. The third-order valence-corrected chi connectivity index (χ3v) is 4.02. The predicted octanol–water partition coefficient (Wildman–Crippen LogP) is 3.09. The Hall–Kier alpha value is -3.01. The van der Waals surface area contributed by atoms with E-state index in [0.717, 1.165) is 11.3 Å². The van der Waals surface area contributed by atoms with Crippen molar-refractivity contribution in [2.45, 2.75) is 32.8 Å². The van der Waals surface area contributed by atoms with Gasteiger partial charge in [-0.05, 0) is 45.0 Å². The second kappa shape index (κ2) is 7.31. The van der Waals surface area contributed by atoms with Gasteiger partial charge in [0.15, 0.2) is 0 Å². The Morgan fingerprint density at radius 3 is 2.63 bits per heavy atom. The fourth-order valence-electron chi connectivity index (χ4n) is 2.28. The average molecular weight is 391 g/mol. The van der Waals surface area contributed by atoms with E-state index in [2.05, 4.69) is 20.6 Å². The van der Waals surface area contributed by atoms with Crippen molar-refractivity contribution in [3.63, 3.8) is 0 Å². The lowest BCUT2D eigenvalue weighted by molar-refractivity contribution is 0.0635. The van der Waals surface area contributed by atoms with Gasteiger partial charge in [-0.15, -0.1) is 0 Å². The van der Waals surface area contributed by atoms with Crippen LogP contribution >= 0.6 is 11.3 Å². The zero-order valence-corrected chi connectivity index (χ0v) is 15.8. The Bertz CT molecular complexity index is 1000. The van der Waals surface area contributed by atoms with E-state index in [1.807, 2.05) is 0 Å². The van der Waals surface area contributed by atoms with Gasteiger partial charge in [-0.3, -0.25) is 10.1 Å². The van der Waals surface area contributed by atoms with Crippen LogP contribution in [0.3, 0.4) is 0 Å². The molecule has 0 fully saturated rings. The van der Waals surface area contributed by atoms with Crippen LogP contribution in [0.4, 0.5) is 15.0 Å². The van der Waals surface area contributed by atoms with Gasteiger partial charge < -0.3 is 4.74 Å². The molecule has 0 unspecified atom stereocenters. The molecule has 142 valence electrons. The molecule has 1 aromatic carbocycles. The first-order valence-electron chi connectivity index (χ1n) is 8.09. The van der Waals surface area contributed by atoms with Crippen molar-refractivity contribution in [2.75, 3.05) is 5.32 Å². The molecule has 27 heavy (non-hydrogen) atoms. The van der Waals surface area contributed by atoms with Crippen molar-refractivity contribution in [3.05, 3.63) is 56.5 Å². The summed E-state index contributed by atoms with van der Waals surface area (Å²) >= 11 is 0.984. The van der Waals surface area contributed by atoms with E-state index in [0.29, 0.717) is 28.6 Å². The largest absolute Gasteiger partial charge is 0.444 e. The van der Waals surface area contributed by atoms with Gasteiger partial charge in [0, 0.05) is 12.5 Å². The van der Waals surface area contributed by atoms with Gasteiger partial charge in [0.05, 0.1) is 11.4 Å². The molecule has 0 radical (unpaired) electrons. The quantitative estimate of drug-likeness (QED) is 0.712. The first kappa shape index (κ1) is 18.8. The number of aromatic amines is 1. The number of H-pyrrole nitrogens is 1. The minimum atomic E-state index is -0.658. The zero-order chi connectivity index (χ0) is 19.6. The highest BCUT2D eigenvalue weighted by Gasteiger charge is 2.19. The summed E-state index contributed by atoms with van der Waals surface area (Å²) in [5.74, 6) is -0.0252. The molecule has 0 bridgehead atoms. The van der Waals surface area contributed by atoms with Gasteiger partial charge in [0.1, 0.15) is 22.2 Å². The van der Waals surface area contributed by atoms with E-state index in [1.165, 1.54) is 16.8 Å². The first-order chi connectivity index (χ1) is 12.7. The average Bonchev–Trinajstić information content (AvgIpc) is 3.13. The molecule has 2 heterocycles. The maximum atomic E-state index is 13.2. The highest BCUT2D eigenvalue weighted by molar-refractivity contribution is 7.08. The van der Waals surface area contributed by atoms with Crippen molar-refractivity contribution in [2.24, 2.45) is 0 Å². The molecule has 10 heteroatoms. The van der Waals surface area contributed by atoms with Gasteiger partial charge in [0.25, 0.3) is 0 Å². The SMILES string of the molecule is CC(C)(C)OC(=O)Nc1cc(Cc2n[nH]c(=O)s2)nn1-c1ccc(F)cc1. The number of hydrogen-bond acceptors (Lipinski definition) is 6. The van der Waals surface area contributed by atoms with Crippen LogP contribution < -0.4 is 10.2 Å². The summed E-state index contributed by atoms with van der Waals surface area (Å²) in [4.78, 5) is 23.1. The highest BCUT2D eigenvalue weighted by atomic mass is 32.1. The lowest BCUT2D eigenvalue weighted by atomic mass is 10.2. The molecule has 0 aliphatic heterocycles. The number of nitrogens with zero attached hydrogens (tertiary/aromatic N) is 3. The van der Waals surface area contributed by atoms with Crippen LogP contribution in [0, 0.1) is 5.82 Å². The predicted molar refractivity (Wildman–Crippen MR) is 98.9 cm³/mol. The topological polar surface area (TPSA) is 102 Å². The molecule has 0 aliphatic rings. The summed E-state index contributed by atoms with van der Waals surface area (Å²) in [6.07, 6.45) is -0.331. The number of amides is 1. The molecule has 8 nitrogen and oxygen atoms in total. The summed E-state index contributed by atoms with van der Waals surface area (Å²) in [5.41, 5.74) is 0.478. The Balaban J connectivity index is 1.92. The summed E-state index contributed by atoms with van der Waals surface area (Å²) < 4.78 is 20.0. The van der Waals surface area contributed by atoms with E-state index in [4.69, 9.17) is 4.74 Å². The summed E-state index contributed by atoms with van der Waals surface area (Å²) in [5, 5.41) is 13.9. The number of carbonyl (C=O) groups excluding carboxylic acids is 1. The molecule has 3 aromatic rings. The van der Waals surface area contributed by atoms with Gasteiger partial charge in [-0.2, -0.15) is 10.2 Å². The number of benzene rings is 1. The van der Waals surface area contributed by atoms with Crippen molar-refractivity contribution in [3.8, 4) is 5.69 Å². The minimum Gasteiger partial charge on any atom is -0.444 e. The Labute approximate surface area is 158 Å². The molecule has 2 N–H and O–H groups in total. The lowest BCUT2D eigenvalue weighted by Crippen LogP contribution is -2.27. The Morgan fingerprint density at radius 1 is 1.33 bits per heavy atom. The van der Waals surface area contributed by atoms with Crippen LogP contribution in [0.5, 0.6) is 0 Å². The molecule has 2 aromatic heterocycles. The van der Waals surface area contributed by atoms with E-state index in [1.54, 1.807) is 39.0 Å². The lowest BCUT2D eigenvalue weighted by Gasteiger charge is -2.19. The van der Waals surface area contributed by atoms with Crippen molar-refractivity contribution < 1.29 is 13.9 Å². The Morgan fingerprint density at radius 2 is 2.04 bits per heavy atom. The van der Waals surface area contributed by atoms with Gasteiger partial charge in [-0.25, -0.2) is 19.0 Å². The van der Waals surface area contributed by atoms with Crippen molar-refractivity contribution in [1.82, 2.24) is 20.0 Å². The smallest absolute Gasteiger partial charge is 0.413 e. The van der Waals surface area contributed by atoms with E-state index in [-0.39, 0.29) is 10.7 Å². The molecule has 0 saturated heterocycles. The van der Waals surface area contributed by atoms with Crippen LogP contribution in [-0.4, -0.2) is 31.7 Å². The summed E-state index contributed by atoms with van der Waals surface area (Å²) in [6, 6.07) is 7.33. The fraction of sp³-hybridized carbons (Fsp3) is 0.294. The highest BCUT2D eigenvalue weighted by Crippen LogP contribution is 2.21. The van der Waals surface area contributed by atoms with Crippen LogP contribution in [0.1, 0.15) is 31.5 Å². The van der Waals surface area contributed by atoms with Crippen molar-refractivity contribution in [1.29, 1.82) is 0 Å². The maximum Gasteiger partial charge on any atom is 0.413 e. The third-order valence-electron chi connectivity index (χ3n) is 3.27. The summed E-state index contributed by atoms with van der Waals surface area (Å²) in [6.45, 7) is 5.28. The zero-order valence-electron chi connectivity index (χ0n) is 14.9. The molecule has 0 spiro atoms. The van der Waals surface area contributed by atoms with Crippen LogP contribution in [0.2, 0.25) is 0 Å². The maximum absolute atomic E-state index is 13.2. The van der Waals surface area contributed by atoms with E-state index in [9.17, 15) is 14.0 Å². The van der Waals surface area contributed by atoms with Crippen LogP contribution in [0.25, 0.3) is 5.69 Å². The molecule has 1 amide bonds. The molecular formula is C17H18FN5O3S. The van der Waals surface area contributed by atoms with E-state index >= 15 is 0 Å². The molecule has 0 aliphatic carbocycles. The first-order valence-corrected chi connectivity index (χ1v) is 8.90. The second-order valence-electron chi connectivity index (χ2n) is 6.72. The van der Waals surface area contributed by atoms with Crippen LogP contribution in [-0.2, 0) is 11.2 Å². The Kier molecular flexibility index (Phi) is 5.08. The normalized spacial score (nSPS) is 11.4. The standard InChI is InChI=1S/C17H18FN5O3S/c1-17(2,3)26-15(24)19-13-8-11(9-14-20-21-16(25)27-14)22-23(13)12-6-4-10(18)5-7-12/h4-8H,9H2,1-3H3,(H,19,24)(H,21,25). The number of hydrogen-bond donors (Lipinski definition) is 2. The van der Waals surface area contributed by atoms with Gasteiger partial charge in [0.2, 0.25) is 0 Å². The van der Waals surface area contributed by atoms with Gasteiger partial charge in [-0.1, -0.05) is 11.3 Å². The number of rotatable bonds is 4. The third kappa shape index (κ3) is 5.00. The molecular weight excluding hydrogens is 373 g/mol. The number of aromatic nitrogens is 4. The molecule has 3 rings (SSSR count). The number of ether oxygens (including phenoxy) is 1. The molecule has 0 saturated carbocycles. The minimum absolute atomic E-state index is 0.255. The second-order valence-corrected chi connectivity index (χ2v) is 7.77. The van der Waals surface area contributed by atoms with Crippen molar-refractivity contribution >= 4 is 23.2 Å². The van der Waals surface area contributed by atoms with Crippen LogP contribution in [0.15, 0.2) is 35.1 Å². The number of anilines is 1. The molecule has 0 atom stereocenters. The number of halogens is 1. The fourth-order valence-corrected chi connectivity index (χ4v) is 2.90. The number of carbonyl (C=O) groups is 1. The van der Waals surface area contributed by atoms with Gasteiger partial charge >= 0.3 is 11.0 Å². The monoisotopic (exact) mass is 391 g/mol. The summed E-state index contributed by atoms with van der Waals surface area (Å²) in [7, 11) is 0.